The number of nitrogens with one attached hydrogen (secondary N) is 1. The molecular weight excluding hydrogens is 258 g/mol. The molecule has 1 aliphatic heterocycles. The van der Waals surface area contributed by atoms with Gasteiger partial charge in [0.25, 0.3) is 0 Å². The lowest BCUT2D eigenvalue weighted by atomic mass is 10.0. The Morgan fingerprint density at radius 2 is 1.89 bits per heavy atom. The summed E-state index contributed by atoms with van der Waals surface area (Å²) in [5, 5.41) is 5.01. The van der Waals surface area contributed by atoms with Crippen molar-refractivity contribution < 1.29 is 0 Å². The largest absolute Gasteiger partial charge is 0.313 e. The van der Waals surface area contributed by atoms with E-state index in [-0.39, 0.29) is 0 Å². The molecule has 6 heteroatoms. The maximum absolute atomic E-state index is 5.46. The Morgan fingerprint density at radius 1 is 1.21 bits per heavy atom. The monoisotopic (exact) mass is 275 g/mol. The van der Waals surface area contributed by atoms with Crippen LogP contribution in [0.5, 0.6) is 0 Å². The van der Waals surface area contributed by atoms with E-state index in [1.807, 2.05) is 0 Å². The number of nitrogens with zero attached hydrogens (tertiary/aromatic N) is 3. The first-order chi connectivity index (χ1) is 9.36. The molecule has 0 fully saturated rings. The molecule has 0 radical (unpaired) electrons. The molecule has 0 spiro atoms. The highest BCUT2D eigenvalue weighted by atomic mass is 32.1. The molecule has 2 aromatic rings. The number of anilines is 1. The maximum atomic E-state index is 5.46. The Morgan fingerprint density at radius 3 is 2.53 bits per heavy atom. The first kappa shape index (κ1) is 12.5. The minimum absolute atomic E-state index is 0.810. The third kappa shape index (κ3) is 2.75. The summed E-state index contributed by atoms with van der Waals surface area (Å²) in [5.41, 5.74) is 6.55. The number of hydrazine groups is 1. The minimum atomic E-state index is 0.810. The van der Waals surface area contributed by atoms with Gasteiger partial charge in [-0.3, -0.25) is 4.90 Å². The van der Waals surface area contributed by atoms with Gasteiger partial charge >= 0.3 is 0 Å². The van der Waals surface area contributed by atoms with Gasteiger partial charge in [-0.2, -0.15) is 0 Å². The summed E-state index contributed by atoms with van der Waals surface area (Å²) in [5.74, 6) is 5.46. The van der Waals surface area contributed by atoms with E-state index in [0.29, 0.717) is 0 Å². The summed E-state index contributed by atoms with van der Waals surface area (Å²) in [6.45, 7) is 2.92. The predicted octanol–water partition coefficient (Wildman–Crippen LogP) is 1.42. The van der Waals surface area contributed by atoms with Crippen molar-refractivity contribution in [2.75, 3.05) is 18.5 Å². The Balaban J connectivity index is 1.69. The molecule has 3 rings (SSSR count). The maximum Gasteiger partial charge on any atom is 0.148 e. The third-order valence-corrected chi connectivity index (χ3v) is 4.27. The lowest BCUT2D eigenvalue weighted by Gasteiger charge is -2.18. The molecule has 0 aliphatic carbocycles. The molecule has 2 heterocycles. The van der Waals surface area contributed by atoms with E-state index in [2.05, 4.69) is 44.2 Å². The molecule has 5 nitrogen and oxygen atoms in total. The van der Waals surface area contributed by atoms with Crippen molar-refractivity contribution in [3.05, 3.63) is 41.1 Å². The topological polar surface area (TPSA) is 67.1 Å². The normalized spacial score (nSPS) is 15.8. The summed E-state index contributed by atoms with van der Waals surface area (Å²) in [4.78, 5) is 2.41. The summed E-state index contributed by atoms with van der Waals surface area (Å²) in [6, 6.07) is 8.71. The van der Waals surface area contributed by atoms with E-state index < -0.39 is 0 Å². The molecule has 1 aliphatic rings. The summed E-state index contributed by atoms with van der Waals surface area (Å²) in [7, 11) is 0. The van der Waals surface area contributed by atoms with Gasteiger partial charge in [-0.1, -0.05) is 28.8 Å². The fraction of sp³-hybridized carbons (Fsp3) is 0.385. The number of nitrogens with two attached hydrogens (primary N) is 1. The molecule has 0 bridgehead atoms. The van der Waals surface area contributed by atoms with Gasteiger partial charge in [0.1, 0.15) is 10.7 Å². The molecule has 100 valence electrons. The molecule has 1 aromatic heterocycles. The zero-order valence-corrected chi connectivity index (χ0v) is 11.5. The van der Waals surface area contributed by atoms with E-state index in [0.717, 1.165) is 43.2 Å². The lowest BCUT2D eigenvalue weighted by Crippen LogP contribution is -2.26. The van der Waals surface area contributed by atoms with E-state index >= 15 is 0 Å². The van der Waals surface area contributed by atoms with Crippen LogP contribution in [0.4, 0.5) is 5.00 Å². The molecule has 3 N–H and O–H groups in total. The zero-order chi connectivity index (χ0) is 13.1. The van der Waals surface area contributed by atoms with Crippen LogP contribution in [-0.2, 0) is 19.4 Å². The van der Waals surface area contributed by atoms with Gasteiger partial charge in [0.2, 0.25) is 0 Å². The second-order valence-electron chi connectivity index (χ2n) is 4.74. The van der Waals surface area contributed by atoms with Crippen LogP contribution in [0.3, 0.4) is 0 Å². The van der Waals surface area contributed by atoms with Crippen molar-refractivity contribution in [2.24, 2.45) is 5.84 Å². The SMILES string of the molecule is NNc1snnc1CN1CCc2ccccc2CC1. The van der Waals surface area contributed by atoms with Crippen LogP contribution < -0.4 is 11.3 Å². The average molecular weight is 275 g/mol. The van der Waals surface area contributed by atoms with E-state index in [9.17, 15) is 0 Å². The zero-order valence-electron chi connectivity index (χ0n) is 10.7. The van der Waals surface area contributed by atoms with Crippen molar-refractivity contribution in [3.63, 3.8) is 0 Å². The fourth-order valence-corrected chi connectivity index (χ4v) is 2.99. The average Bonchev–Trinajstić information content (AvgIpc) is 2.79. The standard InChI is InChI=1S/C13H17N5S/c14-15-13-12(16-17-19-13)9-18-7-5-10-3-1-2-4-11(10)6-8-18/h1-4,15H,5-9,14H2. The van der Waals surface area contributed by atoms with Crippen LogP contribution in [0.2, 0.25) is 0 Å². The van der Waals surface area contributed by atoms with Crippen LogP contribution >= 0.6 is 11.5 Å². The minimum Gasteiger partial charge on any atom is -0.313 e. The molecule has 0 atom stereocenters. The van der Waals surface area contributed by atoms with Gasteiger partial charge in [0.05, 0.1) is 0 Å². The second kappa shape index (κ2) is 5.64. The highest BCUT2D eigenvalue weighted by Crippen LogP contribution is 2.20. The van der Waals surface area contributed by atoms with Gasteiger partial charge in [-0.05, 0) is 24.0 Å². The summed E-state index contributed by atoms with van der Waals surface area (Å²) >= 11 is 1.31. The fourth-order valence-electron chi connectivity index (χ4n) is 2.51. The Kier molecular flexibility index (Phi) is 3.72. The molecule has 19 heavy (non-hydrogen) atoms. The van der Waals surface area contributed by atoms with E-state index in [1.165, 1.54) is 22.7 Å². The Labute approximate surface area is 116 Å². The van der Waals surface area contributed by atoms with Crippen LogP contribution in [0.25, 0.3) is 0 Å². The van der Waals surface area contributed by atoms with Gasteiger partial charge < -0.3 is 5.43 Å². The smallest absolute Gasteiger partial charge is 0.148 e. The number of nitrogen functional groups attached to an aromatic ring is 1. The molecule has 0 amide bonds. The van der Waals surface area contributed by atoms with Gasteiger partial charge in [-0.25, -0.2) is 5.84 Å². The van der Waals surface area contributed by atoms with Crippen molar-refractivity contribution in [1.82, 2.24) is 14.5 Å². The van der Waals surface area contributed by atoms with Crippen LogP contribution in [0.15, 0.2) is 24.3 Å². The molecular formula is C13H17N5S. The van der Waals surface area contributed by atoms with Crippen LogP contribution in [0.1, 0.15) is 16.8 Å². The van der Waals surface area contributed by atoms with Crippen molar-refractivity contribution in [2.45, 2.75) is 19.4 Å². The molecule has 0 unspecified atom stereocenters. The number of hydrogen-bond acceptors (Lipinski definition) is 6. The number of hydrogen-bond donors (Lipinski definition) is 2. The predicted molar refractivity (Wildman–Crippen MR) is 76.8 cm³/mol. The summed E-state index contributed by atoms with van der Waals surface area (Å²) in [6.07, 6.45) is 2.19. The number of fused-ring (bicyclic) bond motifs is 1. The Bertz CT molecular complexity index is 526. The molecule has 1 aromatic carbocycles. The third-order valence-electron chi connectivity index (χ3n) is 3.57. The molecule has 0 saturated carbocycles. The highest BCUT2D eigenvalue weighted by Gasteiger charge is 2.16. The highest BCUT2D eigenvalue weighted by molar-refractivity contribution is 7.10. The second-order valence-corrected chi connectivity index (χ2v) is 5.49. The first-order valence-electron chi connectivity index (χ1n) is 6.44. The lowest BCUT2D eigenvalue weighted by molar-refractivity contribution is 0.276. The van der Waals surface area contributed by atoms with Crippen LogP contribution in [-0.4, -0.2) is 27.6 Å². The van der Waals surface area contributed by atoms with Crippen molar-refractivity contribution in [1.29, 1.82) is 0 Å². The van der Waals surface area contributed by atoms with Gasteiger partial charge in [0, 0.05) is 31.2 Å². The molecule has 0 saturated heterocycles. The summed E-state index contributed by atoms with van der Waals surface area (Å²) < 4.78 is 3.94. The van der Waals surface area contributed by atoms with Crippen molar-refractivity contribution >= 4 is 16.5 Å². The quantitative estimate of drug-likeness (QED) is 0.655. The van der Waals surface area contributed by atoms with Crippen LogP contribution in [0, 0.1) is 0 Å². The Hall–Kier alpha value is -1.50. The van der Waals surface area contributed by atoms with Crippen molar-refractivity contribution in [3.8, 4) is 0 Å². The number of rotatable bonds is 3. The van der Waals surface area contributed by atoms with E-state index in [4.69, 9.17) is 5.84 Å². The number of benzene rings is 1. The van der Waals surface area contributed by atoms with Gasteiger partial charge in [0.15, 0.2) is 0 Å². The number of aromatic nitrogens is 2. The van der Waals surface area contributed by atoms with E-state index in [1.54, 1.807) is 0 Å². The first-order valence-corrected chi connectivity index (χ1v) is 7.21. The van der Waals surface area contributed by atoms with Gasteiger partial charge in [-0.15, -0.1) is 5.10 Å².